The number of nitro benzene ring substituents is 1. The number of nitrogens with zero attached hydrogens (tertiary/aromatic N) is 1. The molecule has 0 radical (unpaired) electrons. The van der Waals surface area contributed by atoms with Crippen molar-refractivity contribution < 1.29 is 27.1 Å². The van der Waals surface area contributed by atoms with Crippen LogP contribution in [0.2, 0.25) is 0 Å². The van der Waals surface area contributed by atoms with E-state index in [2.05, 4.69) is 4.74 Å². The van der Waals surface area contributed by atoms with Crippen LogP contribution in [0.1, 0.15) is 18.4 Å². The SMILES string of the molecule is COC(=O)[C@@H](CCCc1ccccc1)OS(=O)(=O)c1cccc([N+](=O)[O-])c1. The Hall–Kier alpha value is -2.78. The van der Waals surface area contributed by atoms with Crippen LogP contribution in [-0.2, 0) is 30.3 Å². The molecule has 0 spiro atoms. The molecular formula is C18H19NO7S. The highest BCUT2D eigenvalue weighted by atomic mass is 32.2. The molecular weight excluding hydrogens is 374 g/mol. The second-order valence-electron chi connectivity index (χ2n) is 5.69. The first-order valence-electron chi connectivity index (χ1n) is 8.13. The summed E-state index contributed by atoms with van der Waals surface area (Å²) in [6.07, 6.45) is -0.0821. The predicted molar refractivity (Wildman–Crippen MR) is 96.6 cm³/mol. The number of aryl methyl sites for hydroxylation is 1. The zero-order valence-electron chi connectivity index (χ0n) is 14.6. The van der Waals surface area contributed by atoms with Crippen molar-refractivity contribution in [2.45, 2.75) is 30.3 Å². The third-order valence-corrected chi connectivity index (χ3v) is 5.12. The lowest BCUT2D eigenvalue weighted by atomic mass is 10.1. The monoisotopic (exact) mass is 393 g/mol. The Morgan fingerprint density at radius 2 is 1.85 bits per heavy atom. The second kappa shape index (κ2) is 9.24. The number of esters is 1. The smallest absolute Gasteiger partial charge is 0.336 e. The van der Waals surface area contributed by atoms with Crippen molar-refractivity contribution in [1.82, 2.24) is 0 Å². The Balaban J connectivity index is 2.11. The molecule has 0 aliphatic heterocycles. The minimum absolute atomic E-state index is 0.121. The van der Waals surface area contributed by atoms with E-state index in [-0.39, 0.29) is 6.42 Å². The van der Waals surface area contributed by atoms with Crippen molar-refractivity contribution in [3.63, 3.8) is 0 Å². The first kappa shape index (κ1) is 20.5. The average molecular weight is 393 g/mol. The van der Waals surface area contributed by atoms with Crippen LogP contribution in [0.25, 0.3) is 0 Å². The fourth-order valence-corrected chi connectivity index (χ4v) is 3.54. The molecule has 1 atom stereocenters. The van der Waals surface area contributed by atoms with Gasteiger partial charge in [0, 0.05) is 12.1 Å². The number of rotatable bonds is 9. The van der Waals surface area contributed by atoms with Crippen LogP contribution in [0.4, 0.5) is 5.69 Å². The molecule has 0 aromatic heterocycles. The largest absolute Gasteiger partial charge is 0.467 e. The van der Waals surface area contributed by atoms with Crippen molar-refractivity contribution in [1.29, 1.82) is 0 Å². The molecule has 0 fully saturated rings. The fraction of sp³-hybridized carbons (Fsp3) is 0.278. The van der Waals surface area contributed by atoms with Crippen molar-refractivity contribution in [2.24, 2.45) is 0 Å². The minimum atomic E-state index is -4.37. The molecule has 0 saturated carbocycles. The molecule has 2 aromatic carbocycles. The maximum Gasteiger partial charge on any atom is 0.336 e. The van der Waals surface area contributed by atoms with Crippen molar-refractivity contribution in [2.75, 3.05) is 7.11 Å². The van der Waals surface area contributed by atoms with Crippen LogP contribution >= 0.6 is 0 Å². The summed E-state index contributed by atoms with van der Waals surface area (Å²) in [6, 6.07) is 14.0. The normalized spacial score (nSPS) is 12.3. The lowest BCUT2D eigenvalue weighted by Crippen LogP contribution is -2.28. The summed E-state index contributed by atoms with van der Waals surface area (Å²) in [5.41, 5.74) is 0.654. The van der Waals surface area contributed by atoms with Crippen molar-refractivity contribution in [3.8, 4) is 0 Å². The maximum atomic E-state index is 12.4. The second-order valence-corrected chi connectivity index (χ2v) is 7.27. The highest BCUT2D eigenvalue weighted by Crippen LogP contribution is 2.22. The molecule has 2 aromatic rings. The van der Waals surface area contributed by atoms with Gasteiger partial charge in [-0.1, -0.05) is 36.4 Å². The molecule has 2 rings (SSSR count). The summed E-state index contributed by atoms with van der Waals surface area (Å²) >= 11 is 0. The highest BCUT2D eigenvalue weighted by molar-refractivity contribution is 7.86. The third kappa shape index (κ3) is 5.87. The summed E-state index contributed by atoms with van der Waals surface area (Å²) in [7, 11) is -3.24. The van der Waals surface area contributed by atoms with E-state index in [0.717, 1.165) is 24.8 Å². The number of carbonyl (C=O) groups is 1. The van der Waals surface area contributed by atoms with Crippen LogP contribution in [0.15, 0.2) is 59.5 Å². The zero-order valence-corrected chi connectivity index (χ0v) is 15.4. The lowest BCUT2D eigenvalue weighted by Gasteiger charge is -2.15. The molecule has 0 unspecified atom stereocenters. The van der Waals surface area contributed by atoms with Gasteiger partial charge >= 0.3 is 5.97 Å². The Labute approximate surface area is 157 Å². The fourth-order valence-electron chi connectivity index (χ4n) is 2.43. The number of ether oxygens (including phenoxy) is 1. The number of nitro groups is 1. The number of non-ortho nitro benzene ring substituents is 1. The van der Waals surface area contributed by atoms with E-state index >= 15 is 0 Å². The Kier molecular flexibility index (Phi) is 7.03. The Morgan fingerprint density at radius 1 is 1.15 bits per heavy atom. The van der Waals surface area contributed by atoms with Gasteiger partial charge < -0.3 is 4.74 Å². The molecule has 0 aliphatic carbocycles. The van der Waals surface area contributed by atoms with Crippen LogP contribution in [0.3, 0.4) is 0 Å². The van der Waals surface area contributed by atoms with Gasteiger partial charge in [0.05, 0.1) is 12.0 Å². The molecule has 144 valence electrons. The van der Waals surface area contributed by atoms with Gasteiger partial charge in [-0.3, -0.25) is 14.3 Å². The minimum Gasteiger partial charge on any atom is -0.467 e. The van der Waals surface area contributed by atoms with Gasteiger partial charge in [0.15, 0.2) is 6.10 Å². The third-order valence-electron chi connectivity index (χ3n) is 3.80. The molecule has 0 N–H and O–H groups in total. The number of methoxy groups -OCH3 is 1. The summed E-state index contributed by atoms with van der Waals surface area (Å²) in [4.78, 5) is 21.6. The van der Waals surface area contributed by atoms with Gasteiger partial charge in [-0.2, -0.15) is 8.42 Å². The summed E-state index contributed by atoms with van der Waals surface area (Å²) in [6.45, 7) is 0. The van der Waals surface area contributed by atoms with Crippen molar-refractivity contribution >= 4 is 21.8 Å². The molecule has 0 aliphatic rings. The van der Waals surface area contributed by atoms with Gasteiger partial charge in [0.25, 0.3) is 15.8 Å². The molecule has 0 amide bonds. The Bertz CT molecular complexity index is 897. The molecule has 0 bridgehead atoms. The van der Waals surface area contributed by atoms with Gasteiger partial charge in [-0.25, -0.2) is 4.79 Å². The Morgan fingerprint density at radius 3 is 2.48 bits per heavy atom. The van der Waals surface area contributed by atoms with E-state index in [1.807, 2.05) is 30.3 Å². The number of hydrogen-bond acceptors (Lipinski definition) is 7. The summed E-state index contributed by atoms with van der Waals surface area (Å²) in [5, 5.41) is 10.8. The zero-order chi connectivity index (χ0) is 19.9. The van der Waals surface area contributed by atoms with E-state index in [0.29, 0.717) is 12.8 Å². The first-order chi connectivity index (χ1) is 12.8. The highest BCUT2D eigenvalue weighted by Gasteiger charge is 2.29. The van der Waals surface area contributed by atoms with E-state index in [1.54, 1.807) is 0 Å². The molecule has 27 heavy (non-hydrogen) atoms. The predicted octanol–water partition coefficient (Wildman–Crippen LogP) is 2.86. The van der Waals surface area contributed by atoms with Gasteiger partial charge in [0.2, 0.25) is 0 Å². The quantitative estimate of drug-likeness (QED) is 0.279. The molecule has 0 heterocycles. The standard InChI is InChI=1S/C18H19NO7S/c1-25-18(20)17(12-5-9-14-7-3-2-4-8-14)26-27(23,24)16-11-6-10-15(13-16)19(21)22/h2-4,6-8,10-11,13,17H,5,9,12H2,1H3/t17-/m1/s1. The van der Waals surface area contributed by atoms with E-state index in [4.69, 9.17) is 4.18 Å². The van der Waals surface area contributed by atoms with Crippen LogP contribution < -0.4 is 0 Å². The van der Waals surface area contributed by atoms with E-state index in [1.165, 1.54) is 12.1 Å². The average Bonchev–Trinajstić information content (AvgIpc) is 2.67. The number of hydrogen-bond donors (Lipinski definition) is 0. The topological polar surface area (TPSA) is 113 Å². The molecule has 0 saturated heterocycles. The van der Waals surface area contributed by atoms with Crippen LogP contribution in [-0.4, -0.2) is 32.5 Å². The van der Waals surface area contributed by atoms with Gasteiger partial charge in [-0.15, -0.1) is 0 Å². The maximum absolute atomic E-state index is 12.4. The van der Waals surface area contributed by atoms with Crippen LogP contribution in [0, 0.1) is 10.1 Å². The van der Waals surface area contributed by atoms with Crippen molar-refractivity contribution in [3.05, 3.63) is 70.3 Å². The lowest BCUT2D eigenvalue weighted by molar-refractivity contribution is -0.385. The van der Waals surface area contributed by atoms with E-state index < -0.39 is 37.7 Å². The first-order valence-corrected chi connectivity index (χ1v) is 9.54. The summed E-state index contributed by atoms with van der Waals surface area (Å²) < 4.78 is 34.5. The van der Waals surface area contributed by atoms with Gasteiger partial charge in [0.1, 0.15) is 4.90 Å². The summed E-state index contributed by atoms with van der Waals surface area (Å²) in [5.74, 6) is -0.822. The van der Waals surface area contributed by atoms with E-state index in [9.17, 15) is 23.3 Å². The number of benzene rings is 2. The molecule has 8 nitrogen and oxygen atoms in total. The molecule has 9 heteroatoms. The van der Waals surface area contributed by atoms with Gasteiger partial charge in [-0.05, 0) is 30.9 Å². The number of carbonyl (C=O) groups excluding carboxylic acids is 1. The van der Waals surface area contributed by atoms with Crippen LogP contribution in [0.5, 0.6) is 0 Å².